The van der Waals surface area contributed by atoms with Gasteiger partial charge in [-0.15, -0.1) is 21.5 Å². The van der Waals surface area contributed by atoms with Gasteiger partial charge in [-0.25, -0.2) is 4.98 Å². The molecule has 1 amide bonds. The van der Waals surface area contributed by atoms with Crippen molar-refractivity contribution in [2.45, 2.75) is 37.3 Å². The van der Waals surface area contributed by atoms with Gasteiger partial charge in [0.05, 0.1) is 16.5 Å². The zero-order valence-electron chi connectivity index (χ0n) is 18.2. The molecule has 0 unspecified atom stereocenters. The Labute approximate surface area is 201 Å². The van der Waals surface area contributed by atoms with Gasteiger partial charge in [0.25, 0.3) is 0 Å². The number of nitrogens with zero attached hydrogens (tertiary/aromatic N) is 4. The minimum Gasteiger partial charge on any atom is -0.355 e. The Bertz CT molecular complexity index is 1200. The van der Waals surface area contributed by atoms with Crippen LogP contribution in [0.3, 0.4) is 0 Å². The van der Waals surface area contributed by atoms with Gasteiger partial charge in [-0.1, -0.05) is 60.3 Å². The highest BCUT2D eigenvalue weighted by Gasteiger charge is 2.18. The number of hydrogen-bond donors (Lipinski definition) is 1. The van der Waals surface area contributed by atoms with E-state index in [1.165, 1.54) is 35.2 Å². The number of hydrogen-bond acceptors (Lipinski definition) is 6. The Morgan fingerprint density at radius 3 is 2.55 bits per heavy atom. The highest BCUT2D eigenvalue weighted by molar-refractivity contribution is 7.99. The number of carbonyl (C=O) groups is 1. The van der Waals surface area contributed by atoms with Gasteiger partial charge in [0, 0.05) is 29.1 Å². The third-order valence-corrected chi connectivity index (χ3v) is 7.71. The normalized spacial score (nSPS) is 13.0. The molecule has 2 heterocycles. The van der Waals surface area contributed by atoms with Crippen molar-refractivity contribution in [3.8, 4) is 17.1 Å². The predicted molar refractivity (Wildman–Crippen MR) is 133 cm³/mol. The summed E-state index contributed by atoms with van der Waals surface area (Å²) < 4.78 is 2.01. The molecule has 33 heavy (non-hydrogen) atoms. The smallest absolute Gasteiger partial charge is 0.230 e. The first-order chi connectivity index (χ1) is 16.3. The van der Waals surface area contributed by atoms with Gasteiger partial charge in [0.1, 0.15) is 0 Å². The Kier molecular flexibility index (Phi) is 6.83. The zero-order chi connectivity index (χ0) is 22.5. The number of benzene rings is 2. The average Bonchev–Trinajstić information content (AvgIpc) is 3.48. The van der Waals surface area contributed by atoms with Crippen LogP contribution in [0.4, 0.5) is 0 Å². The van der Waals surface area contributed by atoms with E-state index in [9.17, 15) is 4.79 Å². The molecule has 4 aromatic rings. The summed E-state index contributed by atoms with van der Waals surface area (Å²) in [7, 11) is 0. The fourth-order valence-corrected chi connectivity index (χ4v) is 5.89. The van der Waals surface area contributed by atoms with Crippen LogP contribution >= 0.6 is 23.1 Å². The molecule has 0 aliphatic heterocycles. The summed E-state index contributed by atoms with van der Waals surface area (Å²) in [5.74, 6) is 1.04. The lowest BCUT2D eigenvalue weighted by Crippen LogP contribution is -2.27. The van der Waals surface area contributed by atoms with Crippen molar-refractivity contribution < 1.29 is 4.79 Å². The van der Waals surface area contributed by atoms with Gasteiger partial charge >= 0.3 is 0 Å². The molecule has 2 aromatic carbocycles. The van der Waals surface area contributed by atoms with Gasteiger partial charge in [-0.3, -0.25) is 9.36 Å². The molecule has 6 nitrogen and oxygen atoms in total. The number of carbonyl (C=O) groups excluding carboxylic acids is 1. The minimum absolute atomic E-state index is 0.00908. The summed E-state index contributed by atoms with van der Waals surface area (Å²) >= 11 is 3.21. The monoisotopic (exact) mass is 475 g/mol. The van der Waals surface area contributed by atoms with Crippen molar-refractivity contribution in [1.29, 1.82) is 0 Å². The van der Waals surface area contributed by atoms with E-state index in [4.69, 9.17) is 4.98 Å². The lowest BCUT2D eigenvalue weighted by molar-refractivity contribution is -0.118. The Morgan fingerprint density at radius 2 is 1.76 bits per heavy atom. The van der Waals surface area contributed by atoms with E-state index in [1.54, 1.807) is 0 Å². The predicted octanol–water partition coefficient (Wildman–Crippen LogP) is 4.72. The van der Waals surface area contributed by atoms with Crippen LogP contribution in [-0.4, -0.2) is 38.0 Å². The molecule has 1 aliphatic carbocycles. The first kappa shape index (κ1) is 21.9. The molecule has 0 saturated carbocycles. The maximum absolute atomic E-state index is 12.5. The van der Waals surface area contributed by atoms with Gasteiger partial charge in [-0.05, 0) is 37.8 Å². The molecule has 8 heteroatoms. The molecule has 2 aromatic heterocycles. The van der Waals surface area contributed by atoms with E-state index in [1.807, 2.05) is 76.6 Å². The Morgan fingerprint density at radius 1 is 1.00 bits per heavy atom. The molecule has 0 atom stereocenters. The van der Waals surface area contributed by atoms with Crippen LogP contribution in [0.5, 0.6) is 0 Å². The van der Waals surface area contributed by atoms with Crippen molar-refractivity contribution in [3.05, 3.63) is 76.2 Å². The van der Waals surface area contributed by atoms with Gasteiger partial charge in [-0.2, -0.15) is 0 Å². The Hall–Kier alpha value is -2.97. The lowest BCUT2D eigenvalue weighted by atomic mass is 10.0. The van der Waals surface area contributed by atoms with Gasteiger partial charge in [0.2, 0.25) is 5.91 Å². The number of aromatic nitrogens is 4. The summed E-state index contributed by atoms with van der Waals surface area (Å²) in [4.78, 5) is 18.7. The van der Waals surface area contributed by atoms with Crippen LogP contribution in [0.2, 0.25) is 0 Å². The molecule has 0 radical (unpaired) electrons. The summed E-state index contributed by atoms with van der Waals surface area (Å²) in [6.45, 7) is 0.604. The molecule has 1 aliphatic rings. The number of aryl methyl sites for hydroxylation is 2. The Balaban J connectivity index is 1.22. The molecule has 0 spiro atoms. The molecule has 168 valence electrons. The maximum atomic E-state index is 12.5. The summed E-state index contributed by atoms with van der Waals surface area (Å²) in [6, 6.07) is 20.0. The fraction of sp³-hybridized carbons (Fsp3) is 0.280. The van der Waals surface area contributed by atoms with Crippen molar-refractivity contribution in [2.24, 2.45) is 0 Å². The van der Waals surface area contributed by atoms with E-state index in [0.29, 0.717) is 11.7 Å². The molecule has 0 saturated heterocycles. The molecule has 0 fully saturated rings. The number of thiazole rings is 1. The van der Waals surface area contributed by atoms with E-state index >= 15 is 0 Å². The molecule has 5 rings (SSSR count). The molecule has 1 N–H and O–H groups in total. The quantitative estimate of drug-likeness (QED) is 0.373. The maximum Gasteiger partial charge on any atom is 0.230 e. The van der Waals surface area contributed by atoms with Crippen LogP contribution in [0.15, 0.2) is 65.8 Å². The first-order valence-electron chi connectivity index (χ1n) is 11.2. The largest absolute Gasteiger partial charge is 0.355 e. The second-order valence-electron chi connectivity index (χ2n) is 7.92. The number of amides is 1. The topological polar surface area (TPSA) is 72.7 Å². The van der Waals surface area contributed by atoms with Gasteiger partial charge < -0.3 is 5.32 Å². The SMILES string of the molecule is O=C(CSc1nnc(-c2ccccc2)n1-c1ccccc1)NCCc1nc2c(s1)CCCC2. The van der Waals surface area contributed by atoms with Crippen molar-refractivity contribution >= 4 is 29.0 Å². The standard InChI is InChI=1S/C25H25N5OS2/c31-22(26-16-15-23-27-20-13-7-8-14-21(20)33-23)17-32-25-29-28-24(18-9-3-1-4-10-18)30(25)19-11-5-2-6-12-19/h1-6,9-12H,7-8,13-17H2,(H,26,31). The summed E-state index contributed by atoms with van der Waals surface area (Å²) in [5, 5.41) is 13.7. The van der Waals surface area contributed by atoms with Crippen LogP contribution in [-0.2, 0) is 24.1 Å². The molecule has 0 bridgehead atoms. The van der Waals surface area contributed by atoms with E-state index in [-0.39, 0.29) is 11.7 Å². The number of nitrogens with one attached hydrogen (secondary N) is 1. The van der Waals surface area contributed by atoms with E-state index in [2.05, 4.69) is 15.5 Å². The van der Waals surface area contributed by atoms with Crippen molar-refractivity contribution in [1.82, 2.24) is 25.1 Å². The lowest BCUT2D eigenvalue weighted by Gasteiger charge is -2.10. The third-order valence-electron chi connectivity index (χ3n) is 5.56. The van der Waals surface area contributed by atoms with Crippen LogP contribution < -0.4 is 5.32 Å². The number of para-hydroxylation sites is 1. The first-order valence-corrected chi connectivity index (χ1v) is 13.0. The average molecular weight is 476 g/mol. The van der Waals surface area contributed by atoms with Crippen LogP contribution in [0.1, 0.15) is 28.4 Å². The van der Waals surface area contributed by atoms with E-state index in [0.717, 1.165) is 41.3 Å². The van der Waals surface area contributed by atoms with Gasteiger partial charge in [0.15, 0.2) is 11.0 Å². The zero-order valence-corrected chi connectivity index (χ0v) is 19.9. The fourth-order valence-electron chi connectivity index (χ4n) is 3.95. The van der Waals surface area contributed by atoms with Crippen molar-refractivity contribution in [3.63, 3.8) is 0 Å². The summed E-state index contributed by atoms with van der Waals surface area (Å²) in [6.07, 6.45) is 5.54. The minimum atomic E-state index is -0.00908. The number of fused-ring (bicyclic) bond motifs is 1. The molecular formula is C25H25N5OS2. The van der Waals surface area contributed by atoms with Crippen LogP contribution in [0, 0.1) is 0 Å². The third kappa shape index (κ3) is 5.17. The van der Waals surface area contributed by atoms with Crippen LogP contribution in [0.25, 0.3) is 17.1 Å². The highest BCUT2D eigenvalue weighted by Crippen LogP contribution is 2.28. The number of thioether (sulfide) groups is 1. The second-order valence-corrected chi connectivity index (χ2v) is 10.0. The van der Waals surface area contributed by atoms with E-state index < -0.39 is 0 Å². The van der Waals surface area contributed by atoms with Crippen molar-refractivity contribution in [2.75, 3.05) is 12.3 Å². The second kappa shape index (κ2) is 10.3. The summed E-state index contributed by atoms with van der Waals surface area (Å²) in [5.41, 5.74) is 3.23. The number of rotatable bonds is 8. The molecular weight excluding hydrogens is 450 g/mol. The highest BCUT2D eigenvalue weighted by atomic mass is 32.2.